The first-order chi connectivity index (χ1) is 6.33. The Morgan fingerprint density at radius 3 is 2.77 bits per heavy atom. The van der Waals surface area contributed by atoms with Crippen LogP contribution in [0.15, 0.2) is 0 Å². The molecular weight excluding hydrogens is 186 g/mol. The Balaban J connectivity index is 2.23. The maximum Gasteiger partial charge on any atom is 0.225 e. The topological polar surface area (TPSA) is 30.7 Å². The van der Waals surface area contributed by atoms with Gasteiger partial charge in [-0.1, -0.05) is 6.92 Å². The highest BCUT2D eigenvalue weighted by atomic mass is 35.5. The number of nitrogens with zero attached hydrogens (tertiary/aromatic N) is 3. The van der Waals surface area contributed by atoms with Crippen molar-refractivity contribution in [3.8, 4) is 0 Å². The number of aryl methyl sites for hydroxylation is 1. The third-order valence-corrected chi connectivity index (χ3v) is 2.90. The van der Waals surface area contributed by atoms with Crippen molar-refractivity contribution >= 4 is 11.6 Å². The molecular formula is C9H14ClN3. The SMILES string of the molecule is CCCc1nnc(Cl)n1C1CCC1. The van der Waals surface area contributed by atoms with Crippen molar-refractivity contribution in [3.63, 3.8) is 0 Å². The van der Waals surface area contributed by atoms with Crippen LogP contribution in [0.2, 0.25) is 5.28 Å². The van der Waals surface area contributed by atoms with Gasteiger partial charge in [0, 0.05) is 12.5 Å². The van der Waals surface area contributed by atoms with Gasteiger partial charge >= 0.3 is 0 Å². The molecule has 0 radical (unpaired) electrons. The van der Waals surface area contributed by atoms with Crippen molar-refractivity contribution in [2.75, 3.05) is 0 Å². The molecule has 1 aliphatic rings. The summed E-state index contributed by atoms with van der Waals surface area (Å²) < 4.78 is 2.11. The van der Waals surface area contributed by atoms with Crippen LogP contribution in [-0.4, -0.2) is 14.8 Å². The van der Waals surface area contributed by atoms with E-state index in [2.05, 4.69) is 21.7 Å². The molecule has 0 atom stereocenters. The molecule has 1 aliphatic carbocycles. The van der Waals surface area contributed by atoms with E-state index >= 15 is 0 Å². The van der Waals surface area contributed by atoms with Crippen molar-refractivity contribution in [2.24, 2.45) is 0 Å². The van der Waals surface area contributed by atoms with Crippen LogP contribution in [0.5, 0.6) is 0 Å². The molecule has 4 heteroatoms. The number of aromatic nitrogens is 3. The zero-order chi connectivity index (χ0) is 9.26. The van der Waals surface area contributed by atoms with Gasteiger partial charge in [-0.15, -0.1) is 10.2 Å². The highest BCUT2D eigenvalue weighted by molar-refractivity contribution is 6.28. The van der Waals surface area contributed by atoms with Crippen molar-refractivity contribution in [1.29, 1.82) is 0 Å². The van der Waals surface area contributed by atoms with Crippen molar-refractivity contribution in [1.82, 2.24) is 14.8 Å². The van der Waals surface area contributed by atoms with Crippen LogP contribution in [0.4, 0.5) is 0 Å². The second-order valence-electron chi connectivity index (χ2n) is 3.59. The second-order valence-corrected chi connectivity index (χ2v) is 3.93. The lowest BCUT2D eigenvalue weighted by molar-refractivity contribution is 0.306. The zero-order valence-corrected chi connectivity index (χ0v) is 8.59. The van der Waals surface area contributed by atoms with Crippen molar-refractivity contribution in [2.45, 2.75) is 45.1 Å². The lowest BCUT2D eigenvalue weighted by Gasteiger charge is -2.28. The predicted molar refractivity (Wildman–Crippen MR) is 51.9 cm³/mol. The molecule has 0 bridgehead atoms. The molecule has 1 aromatic rings. The van der Waals surface area contributed by atoms with Crippen LogP contribution >= 0.6 is 11.6 Å². The van der Waals surface area contributed by atoms with Gasteiger partial charge in [0.25, 0.3) is 0 Å². The monoisotopic (exact) mass is 199 g/mol. The van der Waals surface area contributed by atoms with Crippen LogP contribution in [0.1, 0.15) is 44.5 Å². The van der Waals surface area contributed by atoms with Gasteiger partial charge in [0.15, 0.2) is 0 Å². The van der Waals surface area contributed by atoms with E-state index in [1.165, 1.54) is 19.3 Å². The normalized spacial score (nSPS) is 17.4. The Kier molecular flexibility index (Phi) is 2.54. The number of rotatable bonds is 3. The third kappa shape index (κ3) is 1.57. The Morgan fingerprint density at radius 2 is 2.23 bits per heavy atom. The minimum atomic E-state index is 0.563. The molecule has 0 N–H and O–H groups in total. The second kappa shape index (κ2) is 3.66. The summed E-state index contributed by atoms with van der Waals surface area (Å²) in [5.41, 5.74) is 0. The number of halogens is 1. The summed E-state index contributed by atoms with van der Waals surface area (Å²) in [6, 6.07) is 0.573. The summed E-state index contributed by atoms with van der Waals surface area (Å²) in [6.45, 7) is 2.15. The van der Waals surface area contributed by atoms with Gasteiger partial charge in [0.2, 0.25) is 5.28 Å². The van der Waals surface area contributed by atoms with E-state index in [0.717, 1.165) is 18.7 Å². The van der Waals surface area contributed by atoms with Gasteiger partial charge in [-0.2, -0.15) is 0 Å². The van der Waals surface area contributed by atoms with E-state index < -0.39 is 0 Å². The summed E-state index contributed by atoms with van der Waals surface area (Å²) in [6.07, 6.45) is 5.85. The van der Waals surface area contributed by atoms with Crippen LogP contribution in [0.3, 0.4) is 0 Å². The van der Waals surface area contributed by atoms with E-state index in [1.807, 2.05) is 0 Å². The molecule has 0 aromatic carbocycles. The summed E-state index contributed by atoms with van der Waals surface area (Å²) in [7, 11) is 0. The standard InChI is InChI=1S/C9H14ClN3/c1-2-4-8-11-12-9(10)13(8)7-5-3-6-7/h7H,2-6H2,1H3. The van der Waals surface area contributed by atoms with E-state index in [4.69, 9.17) is 11.6 Å². The van der Waals surface area contributed by atoms with Crippen LogP contribution in [0, 0.1) is 0 Å². The lowest BCUT2D eigenvalue weighted by Crippen LogP contribution is -2.19. The molecule has 0 amide bonds. The first-order valence-electron chi connectivity index (χ1n) is 4.92. The minimum absolute atomic E-state index is 0.563. The Bertz CT molecular complexity index is 291. The van der Waals surface area contributed by atoms with Crippen molar-refractivity contribution in [3.05, 3.63) is 11.1 Å². The average Bonchev–Trinajstić information content (AvgIpc) is 2.34. The fraction of sp³-hybridized carbons (Fsp3) is 0.778. The minimum Gasteiger partial charge on any atom is -0.299 e. The smallest absolute Gasteiger partial charge is 0.225 e. The molecule has 0 aliphatic heterocycles. The van der Waals surface area contributed by atoms with E-state index in [9.17, 15) is 0 Å². The molecule has 0 saturated heterocycles. The highest BCUT2D eigenvalue weighted by Gasteiger charge is 2.24. The summed E-state index contributed by atoms with van der Waals surface area (Å²) >= 11 is 5.98. The number of hydrogen-bond donors (Lipinski definition) is 0. The van der Waals surface area contributed by atoms with E-state index in [-0.39, 0.29) is 0 Å². The van der Waals surface area contributed by atoms with Gasteiger partial charge in [0.05, 0.1) is 0 Å². The van der Waals surface area contributed by atoms with Crippen LogP contribution in [-0.2, 0) is 6.42 Å². The molecule has 2 rings (SSSR count). The van der Waals surface area contributed by atoms with Gasteiger partial charge < -0.3 is 0 Å². The fourth-order valence-corrected chi connectivity index (χ4v) is 1.98. The Labute approximate surface area is 83.1 Å². The predicted octanol–water partition coefficient (Wildman–Crippen LogP) is 2.61. The molecule has 72 valence electrons. The molecule has 1 heterocycles. The largest absolute Gasteiger partial charge is 0.299 e. The lowest BCUT2D eigenvalue weighted by atomic mass is 9.93. The summed E-state index contributed by atoms with van der Waals surface area (Å²) in [5.74, 6) is 1.05. The Hall–Kier alpha value is -0.570. The van der Waals surface area contributed by atoms with Gasteiger partial charge in [-0.25, -0.2) is 0 Å². The first kappa shape index (κ1) is 9.00. The molecule has 1 aromatic heterocycles. The zero-order valence-electron chi connectivity index (χ0n) is 7.83. The highest BCUT2D eigenvalue weighted by Crippen LogP contribution is 2.34. The Morgan fingerprint density at radius 1 is 1.46 bits per heavy atom. The van der Waals surface area contributed by atoms with Crippen molar-refractivity contribution < 1.29 is 0 Å². The quantitative estimate of drug-likeness (QED) is 0.749. The summed E-state index contributed by atoms with van der Waals surface area (Å²) in [5, 5.41) is 8.57. The maximum absolute atomic E-state index is 5.98. The molecule has 0 unspecified atom stereocenters. The van der Waals surface area contributed by atoms with E-state index in [1.54, 1.807) is 0 Å². The summed E-state index contributed by atoms with van der Waals surface area (Å²) in [4.78, 5) is 0. The average molecular weight is 200 g/mol. The molecule has 1 saturated carbocycles. The third-order valence-electron chi connectivity index (χ3n) is 2.64. The maximum atomic E-state index is 5.98. The first-order valence-corrected chi connectivity index (χ1v) is 5.30. The molecule has 3 nitrogen and oxygen atoms in total. The molecule has 13 heavy (non-hydrogen) atoms. The fourth-order valence-electron chi connectivity index (χ4n) is 1.70. The van der Waals surface area contributed by atoms with Crippen LogP contribution in [0.25, 0.3) is 0 Å². The number of hydrogen-bond acceptors (Lipinski definition) is 2. The van der Waals surface area contributed by atoms with Gasteiger partial charge in [-0.05, 0) is 37.3 Å². The molecule has 0 spiro atoms. The van der Waals surface area contributed by atoms with Gasteiger partial charge in [-0.3, -0.25) is 4.57 Å². The van der Waals surface area contributed by atoms with Crippen LogP contribution < -0.4 is 0 Å². The van der Waals surface area contributed by atoms with Gasteiger partial charge in [0.1, 0.15) is 5.82 Å². The molecule has 1 fully saturated rings. The van der Waals surface area contributed by atoms with E-state index in [0.29, 0.717) is 11.3 Å².